The standard InChI is InChI=1S/C36H25N5/c37-30-21-20-25(23-33(30)40-41-34-19-10-18-32(39-34)31-17-8-9-22-38-31)36-28-15-6-4-13-26(28)35(24-11-2-1-3-12-24)27-14-5-7-16-29(27)36/h1-23,37H,(H,39,41)/b37-30?,40-33-. The molecule has 2 heterocycles. The van der Waals surface area contributed by atoms with Crippen LogP contribution in [0.15, 0.2) is 145 Å². The van der Waals surface area contributed by atoms with Crippen molar-refractivity contribution in [1.29, 1.82) is 5.41 Å². The van der Waals surface area contributed by atoms with Crippen molar-refractivity contribution in [2.45, 2.75) is 0 Å². The van der Waals surface area contributed by atoms with Crippen LogP contribution in [0.3, 0.4) is 0 Å². The number of rotatable bonds is 5. The van der Waals surface area contributed by atoms with Gasteiger partial charge in [-0.1, -0.05) is 97.1 Å². The van der Waals surface area contributed by atoms with E-state index in [1.54, 1.807) is 6.20 Å². The summed E-state index contributed by atoms with van der Waals surface area (Å²) in [5.41, 5.74) is 10.0. The van der Waals surface area contributed by atoms with Crippen molar-refractivity contribution < 1.29 is 0 Å². The third kappa shape index (κ3) is 4.60. The third-order valence-electron chi connectivity index (χ3n) is 7.25. The number of anilines is 1. The lowest BCUT2D eigenvalue weighted by atomic mass is 9.84. The van der Waals surface area contributed by atoms with Crippen LogP contribution in [-0.4, -0.2) is 21.4 Å². The van der Waals surface area contributed by atoms with Gasteiger partial charge in [0, 0.05) is 6.20 Å². The molecule has 7 rings (SSSR count). The Kier molecular flexibility index (Phi) is 6.22. The first kappa shape index (κ1) is 24.4. The Bertz CT molecular complexity index is 1970. The number of pyridine rings is 2. The summed E-state index contributed by atoms with van der Waals surface area (Å²) in [6, 6.07) is 39.1. The molecule has 0 aliphatic heterocycles. The van der Waals surface area contributed by atoms with Gasteiger partial charge in [0.2, 0.25) is 0 Å². The van der Waals surface area contributed by atoms with Gasteiger partial charge in [-0.2, -0.15) is 5.10 Å². The first-order valence-electron chi connectivity index (χ1n) is 13.5. The number of hydrazone groups is 1. The molecule has 2 aromatic heterocycles. The highest BCUT2D eigenvalue weighted by Gasteiger charge is 2.19. The number of fused-ring (bicyclic) bond motifs is 2. The van der Waals surface area contributed by atoms with Gasteiger partial charge < -0.3 is 0 Å². The van der Waals surface area contributed by atoms with E-state index in [2.05, 4.69) is 93.3 Å². The van der Waals surface area contributed by atoms with E-state index in [1.807, 2.05) is 60.7 Å². The number of allylic oxidation sites excluding steroid dienone is 4. The minimum Gasteiger partial charge on any atom is -0.299 e. The van der Waals surface area contributed by atoms with Crippen LogP contribution < -0.4 is 5.43 Å². The van der Waals surface area contributed by atoms with Gasteiger partial charge in [0.25, 0.3) is 0 Å². The third-order valence-corrected chi connectivity index (χ3v) is 7.25. The lowest BCUT2D eigenvalue weighted by Crippen LogP contribution is -2.14. The summed E-state index contributed by atoms with van der Waals surface area (Å²) < 4.78 is 0. The van der Waals surface area contributed by atoms with Crippen LogP contribution in [0.25, 0.3) is 49.6 Å². The fourth-order valence-corrected chi connectivity index (χ4v) is 5.41. The highest BCUT2D eigenvalue weighted by Crippen LogP contribution is 2.42. The van der Waals surface area contributed by atoms with Gasteiger partial charge in [0.15, 0.2) is 0 Å². The molecule has 0 radical (unpaired) electrons. The Hall–Kier alpha value is -5.68. The molecule has 0 saturated heterocycles. The van der Waals surface area contributed by atoms with Crippen molar-refractivity contribution in [3.8, 4) is 22.5 Å². The maximum atomic E-state index is 8.58. The van der Waals surface area contributed by atoms with Crippen LogP contribution in [0.1, 0.15) is 5.56 Å². The molecule has 5 nitrogen and oxygen atoms in total. The second-order valence-corrected chi connectivity index (χ2v) is 9.79. The maximum absolute atomic E-state index is 8.58. The van der Waals surface area contributed by atoms with Crippen molar-refractivity contribution >= 4 is 44.4 Å². The predicted octanol–water partition coefficient (Wildman–Crippen LogP) is 8.56. The van der Waals surface area contributed by atoms with Gasteiger partial charge in [-0.3, -0.25) is 15.8 Å². The minimum absolute atomic E-state index is 0.330. The largest absolute Gasteiger partial charge is 0.299 e. The van der Waals surface area contributed by atoms with E-state index in [0.717, 1.165) is 33.3 Å². The van der Waals surface area contributed by atoms with Gasteiger partial charge >= 0.3 is 0 Å². The van der Waals surface area contributed by atoms with Crippen molar-refractivity contribution in [1.82, 2.24) is 9.97 Å². The van der Waals surface area contributed by atoms with E-state index < -0.39 is 0 Å². The normalized spacial score (nSPS) is 14.0. The van der Waals surface area contributed by atoms with Gasteiger partial charge in [0.1, 0.15) is 11.5 Å². The molecule has 194 valence electrons. The molecule has 0 atom stereocenters. The first-order valence-corrected chi connectivity index (χ1v) is 13.5. The van der Waals surface area contributed by atoms with E-state index in [0.29, 0.717) is 17.2 Å². The summed E-state index contributed by atoms with van der Waals surface area (Å²) in [5, 5.41) is 17.9. The van der Waals surface area contributed by atoms with Gasteiger partial charge in [-0.25, -0.2) is 4.98 Å². The molecule has 41 heavy (non-hydrogen) atoms. The lowest BCUT2D eigenvalue weighted by molar-refractivity contribution is 1.20. The number of aromatic nitrogens is 2. The van der Waals surface area contributed by atoms with Crippen LogP contribution >= 0.6 is 0 Å². The van der Waals surface area contributed by atoms with Crippen LogP contribution in [-0.2, 0) is 0 Å². The number of nitrogens with zero attached hydrogens (tertiary/aromatic N) is 3. The topological polar surface area (TPSA) is 74.0 Å². The molecule has 0 saturated carbocycles. The molecular formula is C36H25N5. The fraction of sp³-hybridized carbons (Fsp3) is 0. The summed E-state index contributed by atoms with van der Waals surface area (Å²) in [4.78, 5) is 9.05. The Labute approximate surface area is 237 Å². The quantitative estimate of drug-likeness (QED) is 0.134. The second kappa shape index (κ2) is 10.5. The molecule has 1 aliphatic carbocycles. The van der Waals surface area contributed by atoms with Crippen LogP contribution in [0.5, 0.6) is 0 Å². The molecule has 0 spiro atoms. The summed E-state index contributed by atoms with van der Waals surface area (Å²) in [5.74, 6) is 0.584. The smallest absolute Gasteiger partial charge is 0.146 e. The number of benzene rings is 4. The summed E-state index contributed by atoms with van der Waals surface area (Å²) in [6.07, 6.45) is 7.55. The van der Waals surface area contributed by atoms with Crippen molar-refractivity contribution in [2.75, 3.05) is 5.43 Å². The van der Waals surface area contributed by atoms with Gasteiger partial charge in [0.05, 0.1) is 17.1 Å². The van der Waals surface area contributed by atoms with E-state index >= 15 is 0 Å². The summed E-state index contributed by atoms with van der Waals surface area (Å²) in [6.45, 7) is 0. The molecule has 1 aliphatic rings. The zero-order valence-corrected chi connectivity index (χ0v) is 22.1. The van der Waals surface area contributed by atoms with E-state index in [1.165, 1.54) is 21.9 Å². The molecule has 0 bridgehead atoms. The molecule has 6 aromatic rings. The van der Waals surface area contributed by atoms with Crippen molar-refractivity contribution in [3.63, 3.8) is 0 Å². The molecule has 2 N–H and O–H groups in total. The highest BCUT2D eigenvalue weighted by atomic mass is 15.3. The van der Waals surface area contributed by atoms with Gasteiger partial charge in [-0.15, -0.1) is 0 Å². The Morgan fingerprint density at radius 3 is 1.90 bits per heavy atom. The average molecular weight is 528 g/mol. The Morgan fingerprint density at radius 1 is 0.585 bits per heavy atom. The van der Waals surface area contributed by atoms with Crippen molar-refractivity contribution in [3.05, 3.63) is 145 Å². The molecule has 0 unspecified atom stereocenters. The highest BCUT2D eigenvalue weighted by molar-refractivity contribution is 6.52. The van der Waals surface area contributed by atoms with Crippen LogP contribution in [0, 0.1) is 5.41 Å². The summed E-state index contributed by atoms with van der Waals surface area (Å²) in [7, 11) is 0. The predicted molar refractivity (Wildman–Crippen MR) is 170 cm³/mol. The monoisotopic (exact) mass is 527 g/mol. The Balaban J connectivity index is 1.34. The van der Waals surface area contributed by atoms with E-state index in [4.69, 9.17) is 5.41 Å². The molecule has 0 amide bonds. The maximum Gasteiger partial charge on any atom is 0.146 e. The van der Waals surface area contributed by atoms with E-state index in [9.17, 15) is 0 Å². The second-order valence-electron chi connectivity index (χ2n) is 9.79. The zero-order valence-electron chi connectivity index (χ0n) is 22.1. The average Bonchev–Trinajstić information content (AvgIpc) is 3.04. The first-order chi connectivity index (χ1) is 20.3. The zero-order chi connectivity index (χ0) is 27.6. The molecular weight excluding hydrogens is 502 g/mol. The SMILES string of the molecule is N=C1C=CC(c2c3ccccc3c(-c3ccccc3)c3ccccc23)=C/C1=N/Nc1cccc(-c2ccccn2)n1. The van der Waals surface area contributed by atoms with Crippen LogP contribution in [0.2, 0.25) is 0 Å². The number of hydrogen-bond acceptors (Lipinski definition) is 5. The molecule has 4 aromatic carbocycles. The van der Waals surface area contributed by atoms with Crippen LogP contribution in [0.4, 0.5) is 5.82 Å². The minimum atomic E-state index is 0.330. The van der Waals surface area contributed by atoms with Gasteiger partial charge in [-0.05, 0) is 80.2 Å². The Morgan fingerprint density at radius 2 is 1.22 bits per heavy atom. The molecule has 5 heteroatoms. The lowest BCUT2D eigenvalue weighted by Gasteiger charge is -2.19. The number of nitrogens with one attached hydrogen (secondary N) is 2. The molecule has 0 fully saturated rings. The van der Waals surface area contributed by atoms with E-state index in [-0.39, 0.29) is 0 Å². The fourth-order valence-electron chi connectivity index (χ4n) is 5.41. The summed E-state index contributed by atoms with van der Waals surface area (Å²) >= 11 is 0. The van der Waals surface area contributed by atoms with Crippen molar-refractivity contribution in [2.24, 2.45) is 5.10 Å². The number of hydrogen-bond donors (Lipinski definition) is 2.